The second kappa shape index (κ2) is 2.38. The van der Waals surface area contributed by atoms with Crippen LogP contribution in [0.25, 0.3) is 0 Å². The van der Waals surface area contributed by atoms with Crippen molar-refractivity contribution in [3.63, 3.8) is 0 Å². The van der Waals surface area contributed by atoms with Crippen molar-refractivity contribution in [2.24, 2.45) is 5.73 Å². The molecule has 0 atom stereocenters. The summed E-state index contributed by atoms with van der Waals surface area (Å²) in [4.78, 5) is 15.3. The van der Waals surface area contributed by atoms with Crippen LogP contribution in [0.4, 0.5) is 0 Å². The maximum Gasteiger partial charge on any atom is 0.277 e. The molecular formula is C6H7N2OS. The van der Waals surface area contributed by atoms with E-state index in [2.05, 4.69) is 11.9 Å². The quantitative estimate of drug-likeness (QED) is 0.650. The van der Waals surface area contributed by atoms with Crippen LogP contribution in [-0.2, 0) is 0 Å². The predicted octanol–water partition coefficient (Wildman–Crippen LogP) is 0.733. The van der Waals surface area contributed by atoms with Crippen LogP contribution in [0.3, 0.4) is 0 Å². The lowest BCUT2D eigenvalue weighted by molar-refractivity contribution is 0.1000. The van der Waals surface area contributed by atoms with Crippen LogP contribution in [0.1, 0.15) is 20.4 Å². The van der Waals surface area contributed by atoms with E-state index in [1.807, 2.05) is 6.92 Å². The molecule has 1 aromatic rings. The molecule has 3 nitrogen and oxygen atoms in total. The Bertz CT molecular complexity index is 247. The average Bonchev–Trinajstić information content (AvgIpc) is 2.13. The number of aromatic nitrogens is 1. The number of hydrogen-bond donors (Lipinski definition) is 1. The van der Waals surface area contributed by atoms with E-state index in [4.69, 9.17) is 5.73 Å². The molecule has 4 heteroatoms. The molecule has 0 unspecified atom stereocenters. The number of carbonyl (C=O) groups excluding carboxylic acids is 1. The Morgan fingerprint density at radius 2 is 2.40 bits per heavy atom. The number of amides is 1. The van der Waals surface area contributed by atoms with Gasteiger partial charge in [-0.2, -0.15) is 0 Å². The van der Waals surface area contributed by atoms with Crippen LogP contribution in [-0.4, -0.2) is 10.9 Å². The zero-order valence-electron chi connectivity index (χ0n) is 5.55. The predicted molar refractivity (Wildman–Crippen MR) is 39.8 cm³/mol. The molecule has 0 saturated heterocycles. The molecule has 0 fully saturated rings. The largest absolute Gasteiger partial charge is 0.364 e. The molecular weight excluding hydrogens is 148 g/mol. The van der Waals surface area contributed by atoms with E-state index in [9.17, 15) is 4.79 Å². The lowest BCUT2D eigenvalue weighted by Crippen LogP contribution is -2.10. The monoisotopic (exact) mass is 155 g/mol. The third kappa shape index (κ3) is 1.16. The number of aryl methyl sites for hydroxylation is 1. The minimum Gasteiger partial charge on any atom is -0.364 e. The summed E-state index contributed by atoms with van der Waals surface area (Å²) in [7, 11) is 0. The Kier molecular flexibility index (Phi) is 1.72. The Morgan fingerprint density at radius 1 is 1.80 bits per heavy atom. The van der Waals surface area contributed by atoms with Crippen LogP contribution < -0.4 is 5.73 Å². The zero-order chi connectivity index (χ0) is 7.72. The first-order chi connectivity index (χ1) is 4.61. The van der Waals surface area contributed by atoms with E-state index < -0.39 is 5.91 Å². The standard InChI is InChI=1S/C6H7N2OS/c1-3-4(2)10-6(8-3)5(7)9/h1H2,2H3,(H2,7,9). The van der Waals surface area contributed by atoms with E-state index in [-0.39, 0.29) is 0 Å². The molecule has 1 amide bonds. The molecule has 1 rings (SSSR count). The van der Waals surface area contributed by atoms with Crippen molar-refractivity contribution in [2.45, 2.75) is 6.92 Å². The highest BCUT2D eigenvalue weighted by atomic mass is 32.1. The van der Waals surface area contributed by atoms with Crippen LogP contribution in [0.2, 0.25) is 0 Å². The van der Waals surface area contributed by atoms with Gasteiger partial charge in [0.1, 0.15) is 0 Å². The first-order valence-electron chi connectivity index (χ1n) is 2.70. The minimum absolute atomic E-state index is 0.336. The zero-order valence-corrected chi connectivity index (χ0v) is 6.36. The highest BCUT2D eigenvalue weighted by Crippen LogP contribution is 2.15. The Morgan fingerprint density at radius 3 is 2.60 bits per heavy atom. The van der Waals surface area contributed by atoms with Crippen LogP contribution in [0.5, 0.6) is 0 Å². The number of rotatable bonds is 1. The van der Waals surface area contributed by atoms with Crippen molar-refractivity contribution in [1.29, 1.82) is 0 Å². The third-order valence-electron chi connectivity index (χ3n) is 1.10. The molecule has 10 heavy (non-hydrogen) atoms. The third-order valence-corrected chi connectivity index (χ3v) is 2.13. The number of thiazole rings is 1. The molecule has 0 bridgehead atoms. The fourth-order valence-electron chi connectivity index (χ4n) is 0.533. The minimum atomic E-state index is -0.483. The van der Waals surface area contributed by atoms with E-state index in [0.717, 1.165) is 4.88 Å². The SMILES string of the molecule is [CH2]c1nc(C(N)=O)sc1C. The number of hydrogen-bond acceptors (Lipinski definition) is 3. The molecule has 0 aliphatic carbocycles. The molecule has 1 radical (unpaired) electrons. The van der Waals surface area contributed by atoms with Crippen molar-refractivity contribution >= 4 is 17.2 Å². The normalized spacial score (nSPS) is 9.80. The Balaban J connectivity index is 3.10. The molecule has 0 aromatic carbocycles. The summed E-state index contributed by atoms with van der Waals surface area (Å²) in [5, 5.41) is 0.336. The van der Waals surface area contributed by atoms with Gasteiger partial charge < -0.3 is 5.73 Å². The highest BCUT2D eigenvalue weighted by Gasteiger charge is 2.07. The molecule has 1 heterocycles. The van der Waals surface area contributed by atoms with Gasteiger partial charge in [-0.1, -0.05) is 0 Å². The molecule has 0 saturated carbocycles. The number of nitrogens with two attached hydrogens (primary N) is 1. The molecule has 0 aliphatic rings. The topological polar surface area (TPSA) is 56.0 Å². The van der Waals surface area contributed by atoms with Gasteiger partial charge in [0.15, 0.2) is 5.01 Å². The van der Waals surface area contributed by atoms with E-state index in [1.54, 1.807) is 0 Å². The van der Waals surface area contributed by atoms with E-state index >= 15 is 0 Å². The van der Waals surface area contributed by atoms with Crippen LogP contribution >= 0.6 is 11.3 Å². The van der Waals surface area contributed by atoms with Crippen LogP contribution in [0.15, 0.2) is 0 Å². The second-order valence-corrected chi connectivity index (χ2v) is 3.09. The van der Waals surface area contributed by atoms with Crippen molar-refractivity contribution in [3.05, 3.63) is 22.5 Å². The van der Waals surface area contributed by atoms with Gasteiger partial charge >= 0.3 is 0 Å². The second-order valence-electron chi connectivity index (χ2n) is 1.89. The van der Waals surface area contributed by atoms with Crippen molar-refractivity contribution in [1.82, 2.24) is 4.98 Å². The van der Waals surface area contributed by atoms with Gasteiger partial charge in [0, 0.05) is 4.88 Å². The van der Waals surface area contributed by atoms with E-state index in [0.29, 0.717) is 10.7 Å². The summed E-state index contributed by atoms with van der Waals surface area (Å²) >= 11 is 1.27. The number of carbonyl (C=O) groups is 1. The number of nitrogens with zero attached hydrogens (tertiary/aromatic N) is 1. The first kappa shape index (κ1) is 7.21. The van der Waals surface area contributed by atoms with E-state index in [1.165, 1.54) is 11.3 Å². The number of primary amides is 1. The van der Waals surface area contributed by atoms with Crippen LogP contribution in [0, 0.1) is 13.8 Å². The van der Waals surface area contributed by atoms with Gasteiger partial charge in [-0.3, -0.25) is 4.79 Å². The van der Waals surface area contributed by atoms with Crippen molar-refractivity contribution < 1.29 is 4.79 Å². The maximum atomic E-state index is 10.5. The first-order valence-corrected chi connectivity index (χ1v) is 3.52. The molecule has 0 spiro atoms. The summed E-state index contributed by atoms with van der Waals surface area (Å²) in [6, 6.07) is 0. The fourth-order valence-corrected chi connectivity index (χ4v) is 1.24. The van der Waals surface area contributed by atoms with Gasteiger partial charge in [0.05, 0.1) is 5.69 Å². The van der Waals surface area contributed by atoms with Crippen molar-refractivity contribution in [3.8, 4) is 0 Å². The summed E-state index contributed by atoms with van der Waals surface area (Å²) in [6.45, 7) is 5.47. The Labute approximate surface area is 62.9 Å². The summed E-state index contributed by atoms with van der Waals surface area (Å²) in [5.74, 6) is -0.483. The summed E-state index contributed by atoms with van der Waals surface area (Å²) in [5.41, 5.74) is 5.61. The smallest absolute Gasteiger partial charge is 0.277 e. The molecule has 0 aliphatic heterocycles. The molecule has 1 aromatic heterocycles. The lowest BCUT2D eigenvalue weighted by Gasteiger charge is -1.80. The van der Waals surface area contributed by atoms with Gasteiger partial charge in [0.2, 0.25) is 0 Å². The summed E-state index contributed by atoms with van der Waals surface area (Å²) in [6.07, 6.45) is 0. The Hall–Kier alpha value is -0.900. The summed E-state index contributed by atoms with van der Waals surface area (Å²) < 4.78 is 0. The van der Waals surface area contributed by atoms with Gasteiger partial charge in [-0.25, -0.2) is 4.98 Å². The average molecular weight is 155 g/mol. The molecule has 53 valence electrons. The van der Waals surface area contributed by atoms with Gasteiger partial charge in [0.25, 0.3) is 5.91 Å². The fraction of sp³-hybridized carbons (Fsp3) is 0.167. The lowest BCUT2D eigenvalue weighted by atomic mass is 10.4. The molecule has 2 N–H and O–H groups in total. The van der Waals surface area contributed by atoms with Gasteiger partial charge in [-0.15, -0.1) is 11.3 Å². The highest BCUT2D eigenvalue weighted by molar-refractivity contribution is 7.13. The van der Waals surface area contributed by atoms with Crippen molar-refractivity contribution in [2.75, 3.05) is 0 Å². The van der Waals surface area contributed by atoms with Gasteiger partial charge in [-0.05, 0) is 13.8 Å². The maximum absolute atomic E-state index is 10.5.